The minimum Gasteiger partial charge on any atom is -0.319 e. The first kappa shape index (κ1) is 9.31. The maximum Gasteiger partial charge on any atom is 0.00755 e. The van der Waals surface area contributed by atoms with Crippen LogP contribution in [0.4, 0.5) is 0 Å². The number of thioether (sulfide) groups is 1. The van der Waals surface area contributed by atoms with Crippen LogP contribution in [0.5, 0.6) is 0 Å². The van der Waals surface area contributed by atoms with Crippen molar-refractivity contribution in [3.8, 4) is 0 Å². The van der Waals surface area contributed by atoms with Crippen molar-refractivity contribution in [1.29, 1.82) is 0 Å². The molecule has 0 fully saturated rings. The standard InChI is InChI=1S/C7H17NS/c1-7(2,3)9-6-5-8-4/h8H,5-6H2,1-4H3. The number of hydrogen-bond donors (Lipinski definition) is 1. The van der Waals surface area contributed by atoms with Crippen LogP contribution in [0.3, 0.4) is 0 Å². The summed E-state index contributed by atoms with van der Waals surface area (Å²) in [5, 5.41) is 3.12. The second-order valence-electron chi connectivity index (χ2n) is 3.06. The zero-order valence-electron chi connectivity index (χ0n) is 6.82. The van der Waals surface area contributed by atoms with E-state index in [2.05, 4.69) is 26.1 Å². The molecule has 0 rings (SSSR count). The molecule has 0 aliphatic heterocycles. The minimum atomic E-state index is 0.427. The molecule has 0 atom stereocenters. The van der Waals surface area contributed by atoms with Crippen LogP contribution in [0.25, 0.3) is 0 Å². The monoisotopic (exact) mass is 147 g/mol. The highest BCUT2D eigenvalue weighted by Crippen LogP contribution is 2.21. The zero-order valence-corrected chi connectivity index (χ0v) is 7.64. The predicted molar refractivity (Wildman–Crippen MR) is 46.1 cm³/mol. The van der Waals surface area contributed by atoms with E-state index >= 15 is 0 Å². The molecule has 0 aromatic carbocycles. The highest BCUT2D eigenvalue weighted by Gasteiger charge is 2.08. The summed E-state index contributed by atoms with van der Waals surface area (Å²) in [5.74, 6) is 1.21. The lowest BCUT2D eigenvalue weighted by atomic mass is 10.3. The van der Waals surface area contributed by atoms with Crippen LogP contribution in [0.15, 0.2) is 0 Å². The van der Waals surface area contributed by atoms with Gasteiger partial charge in [-0.25, -0.2) is 0 Å². The molecule has 0 unspecified atom stereocenters. The van der Waals surface area contributed by atoms with Gasteiger partial charge in [0, 0.05) is 17.0 Å². The Kier molecular flexibility index (Phi) is 4.32. The Labute approximate surface area is 62.6 Å². The Balaban J connectivity index is 3.07. The van der Waals surface area contributed by atoms with Gasteiger partial charge < -0.3 is 5.32 Å². The molecule has 0 aliphatic carbocycles. The summed E-state index contributed by atoms with van der Waals surface area (Å²) in [6.45, 7) is 7.84. The van der Waals surface area contributed by atoms with E-state index in [0.29, 0.717) is 4.75 Å². The normalized spacial score (nSPS) is 12.0. The van der Waals surface area contributed by atoms with E-state index in [0.717, 1.165) is 6.54 Å². The van der Waals surface area contributed by atoms with E-state index in [1.165, 1.54) is 5.75 Å². The molecular formula is C7H17NS. The van der Waals surface area contributed by atoms with Gasteiger partial charge in [-0.05, 0) is 7.05 Å². The van der Waals surface area contributed by atoms with Gasteiger partial charge in [-0.2, -0.15) is 11.8 Å². The van der Waals surface area contributed by atoms with E-state index in [9.17, 15) is 0 Å². The molecule has 0 radical (unpaired) electrons. The predicted octanol–water partition coefficient (Wildman–Crippen LogP) is 1.74. The van der Waals surface area contributed by atoms with Gasteiger partial charge in [-0.1, -0.05) is 20.8 Å². The summed E-state index contributed by atoms with van der Waals surface area (Å²) in [5.41, 5.74) is 0. The van der Waals surface area contributed by atoms with E-state index in [1.54, 1.807) is 0 Å². The molecule has 56 valence electrons. The van der Waals surface area contributed by atoms with Crippen LogP contribution in [-0.2, 0) is 0 Å². The number of rotatable bonds is 3. The Morgan fingerprint density at radius 1 is 1.33 bits per heavy atom. The molecular weight excluding hydrogens is 130 g/mol. The maximum absolute atomic E-state index is 3.12. The lowest BCUT2D eigenvalue weighted by Crippen LogP contribution is -2.15. The quantitative estimate of drug-likeness (QED) is 0.610. The number of nitrogens with one attached hydrogen (secondary N) is 1. The Bertz CT molecular complexity index is 65.8. The summed E-state index contributed by atoms with van der Waals surface area (Å²) in [7, 11) is 1.99. The van der Waals surface area contributed by atoms with E-state index in [4.69, 9.17) is 0 Å². The lowest BCUT2D eigenvalue weighted by Gasteiger charge is -2.16. The SMILES string of the molecule is CNCCSC(C)(C)C. The van der Waals surface area contributed by atoms with Gasteiger partial charge in [0.25, 0.3) is 0 Å². The second kappa shape index (κ2) is 4.18. The first-order valence-electron chi connectivity index (χ1n) is 3.35. The molecule has 0 bridgehead atoms. The lowest BCUT2D eigenvalue weighted by molar-refractivity contribution is 0.794. The van der Waals surface area contributed by atoms with Gasteiger partial charge >= 0.3 is 0 Å². The molecule has 1 N–H and O–H groups in total. The van der Waals surface area contributed by atoms with Crippen molar-refractivity contribution < 1.29 is 0 Å². The topological polar surface area (TPSA) is 12.0 Å². The largest absolute Gasteiger partial charge is 0.319 e. The highest BCUT2D eigenvalue weighted by atomic mass is 32.2. The van der Waals surface area contributed by atoms with Crippen molar-refractivity contribution in [2.45, 2.75) is 25.5 Å². The van der Waals surface area contributed by atoms with Crippen molar-refractivity contribution in [3.63, 3.8) is 0 Å². The third kappa shape index (κ3) is 8.31. The van der Waals surface area contributed by atoms with Gasteiger partial charge in [0.05, 0.1) is 0 Å². The molecule has 2 heteroatoms. The summed E-state index contributed by atoms with van der Waals surface area (Å²) in [6.07, 6.45) is 0. The van der Waals surface area contributed by atoms with Crippen LogP contribution in [0, 0.1) is 0 Å². The molecule has 0 heterocycles. The Morgan fingerprint density at radius 2 is 1.89 bits per heavy atom. The summed E-state index contributed by atoms with van der Waals surface area (Å²) in [4.78, 5) is 0. The van der Waals surface area contributed by atoms with E-state index in [-0.39, 0.29) is 0 Å². The fourth-order valence-corrected chi connectivity index (χ4v) is 1.38. The van der Waals surface area contributed by atoms with Crippen LogP contribution in [0.2, 0.25) is 0 Å². The zero-order chi connectivity index (χ0) is 7.33. The first-order valence-corrected chi connectivity index (χ1v) is 4.33. The number of hydrogen-bond acceptors (Lipinski definition) is 2. The van der Waals surface area contributed by atoms with Gasteiger partial charge in [0.1, 0.15) is 0 Å². The first-order chi connectivity index (χ1) is 4.06. The second-order valence-corrected chi connectivity index (χ2v) is 4.99. The van der Waals surface area contributed by atoms with Gasteiger partial charge in [-0.3, -0.25) is 0 Å². The van der Waals surface area contributed by atoms with E-state index in [1.807, 2.05) is 18.8 Å². The van der Waals surface area contributed by atoms with Crippen LogP contribution < -0.4 is 5.32 Å². The van der Waals surface area contributed by atoms with Crippen molar-refractivity contribution in [3.05, 3.63) is 0 Å². The van der Waals surface area contributed by atoms with Crippen molar-refractivity contribution >= 4 is 11.8 Å². The molecule has 1 nitrogen and oxygen atoms in total. The van der Waals surface area contributed by atoms with Gasteiger partial charge in [-0.15, -0.1) is 0 Å². The summed E-state index contributed by atoms with van der Waals surface area (Å²) < 4.78 is 0.427. The van der Waals surface area contributed by atoms with Gasteiger partial charge in [0.15, 0.2) is 0 Å². The molecule has 0 saturated carbocycles. The fraction of sp³-hybridized carbons (Fsp3) is 1.00. The third-order valence-corrected chi connectivity index (χ3v) is 2.16. The van der Waals surface area contributed by atoms with Crippen LogP contribution in [0.1, 0.15) is 20.8 Å². The molecule has 0 spiro atoms. The third-order valence-electron chi connectivity index (χ3n) is 0.887. The molecule has 0 amide bonds. The minimum absolute atomic E-state index is 0.427. The molecule has 0 aromatic heterocycles. The van der Waals surface area contributed by atoms with Gasteiger partial charge in [0.2, 0.25) is 0 Å². The summed E-state index contributed by atoms with van der Waals surface area (Å²) >= 11 is 2.00. The maximum atomic E-state index is 3.12. The van der Waals surface area contributed by atoms with Crippen LogP contribution in [-0.4, -0.2) is 24.1 Å². The van der Waals surface area contributed by atoms with Crippen LogP contribution >= 0.6 is 11.8 Å². The fourth-order valence-electron chi connectivity index (χ4n) is 0.459. The summed E-state index contributed by atoms with van der Waals surface area (Å²) in [6, 6.07) is 0. The Morgan fingerprint density at radius 3 is 2.22 bits per heavy atom. The Hall–Kier alpha value is 0.310. The van der Waals surface area contributed by atoms with Crippen molar-refractivity contribution in [2.75, 3.05) is 19.3 Å². The van der Waals surface area contributed by atoms with Crippen molar-refractivity contribution in [1.82, 2.24) is 5.32 Å². The molecule has 0 aliphatic rings. The van der Waals surface area contributed by atoms with E-state index < -0.39 is 0 Å². The highest BCUT2D eigenvalue weighted by molar-refractivity contribution is 8.00. The molecule has 0 saturated heterocycles. The van der Waals surface area contributed by atoms with Crippen molar-refractivity contribution in [2.24, 2.45) is 0 Å². The molecule has 0 aromatic rings. The smallest absolute Gasteiger partial charge is 0.00755 e. The average Bonchev–Trinajstić information content (AvgIpc) is 1.63. The average molecular weight is 147 g/mol. The molecule has 9 heavy (non-hydrogen) atoms.